The molecule has 0 aromatic heterocycles. The molecule has 22 heavy (non-hydrogen) atoms. The van der Waals surface area contributed by atoms with Gasteiger partial charge in [0, 0.05) is 28.5 Å². The van der Waals surface area contributed by atoms with Crippen LogP contribution in [0.3, 0.4) is 0 Å². The Morgan fingerprint density at radius 2 is 1.73 bits per heavy atom. The first-order chi connectivity index (χ1) is 10.3. The van der Waals surface area contributed by atoms with Gasteiger partial charge in [0.25, 0.3) is 0 Å². The van der Waals surface area contributed by atoms with Gasteiger partial charge >= 0.3 is 0 Å². The lowest BCUT2D eigenvalue weighted by molar-refractivity contribution is 0.0991. The number of phenols is 3. The number of halogens is 1. The third kappa shape index (κ3) is 1.98. The molecule has 0 saturated heterocycles. The molecule has 0 fully saturated rings. The summed E-state index contributed by atoms with van der Waals surface area (Å²) in [5.74, 6) is -1.18. The van der Waals surface area contributed by atoms with E-state index >= 15 is 0 Å². The summed E-state index contributed by atoms with van der Waals surface area (Å²) in [7, 11) is 3.18. The molecule has 110 valence electrons. The first kappa shape index (κ1) is 14.9. The van der Waals surface area contributed by atoms with Crippen LogP contribution in [0.15, 0.2) is 18.2 Å². The number of aromatic hydroxyl groups is 3. The predicted molar refractivity (Wildman–Crippen MR) is 90.0 cm³/mol. The van der Waals surface area contributed by atoms with Crippen molar-refractivity contribution in [2.75, 3.05) is 0 Å². The molecular weight excluding hydrogens is 301 g/mol. The lowest BCUT2D eigenvalue weighted by Gasteiger charge is -2.20. The molecule has 4 nitrogen and oxygen atoms in total. The molecule has 2 aromatic rings. The summed E-state index contributed by atoms with van der Waals surface area (Å²) in [5.41, 5.74) is 2.34. The Balaban J connectivity index is 2.26. The number of hydrogen-bond donors (Lipinski definition) is 3. The highest BCUT2D eigenvalue weighted by Crippen LogP contribution is 2.44. The van der Waals surface area contributed by atoms with Gasteiger partial charge in [-0.1, -0.05) is 17.7 Å². The van der Waals surface area contributed by atoms with E-state index in [0.29, 0.717) is 21.6 Å². The van der Waals surface area contributed by atoms with Gasteiger partial charge in [-0.3, -0.25) is 4.79 Å². The van der Waals surface area contributed by atoms with Gasteiger partial charge in [-0.05, 0) is 28.6 Å². The summed E-state index contributed by atoms with van der Waals surface area (Å²) in [5, 5.41) is 30.9. The van der Waals surface area contributed by atoms with Gasteiger partial charge in [-0.25, -0.2) is 0 Å². The average Bonchev–Trinajstić information content (AvgIpc) is 2.80. The summed E-state index contributed by atoms with van der Waals surface area (Å²) in [6.07, 6.45) is 0.173. The van der Waals surface area contributed by atoms with Crippen molar-refractivity contribution in [3.05, 3.63) is 39.9 Å². The Morgan fingerprint density at radius 1 is 1.05 bits per heavy atom. The number of rotatable bonds is 1. The maximum Gasteiger partial charge on any atom is 0.164 e. The van der Waals surface area contributed by atoms with Crippen LogP contribution < -0.4 is 10.9 Å². The number of ketones is 1. The normalized spacial score (nSPS) is 16.8. The zero-order valence-electron chi connectivity index (χ0n) is 12.1. The lowest BCUT2D eigenvalue weighted by atomic mass is 9.76. The first-order valence-electron chi connectivity index (χ1n) is 6.89. The van der Waals surface area contributed by atoms with Crippen molar-refractivity contribution in [2.24, 2.45) is 0 Å². The number of benzene rings is 2. The minimum absolute atomic E-state index is 0.0687. The summed E-state index contributed by atoms with van der Waals surface area (Å²) in [6.45, 7) is 0. The van der Waals surface area contributed by atoms with Gasteiger partial charge in [0.2, 0.25) is 0 Å². The van der Waals surface area contributed by atoms with E-state index in [0.717, 1.165) is 5.56 Å². The highest BCUT2D eigenvalue weighted by atomic mass is 35.5. The Labute approximate surface area is 134 Å². The summed E-state index contributed by atoms with van der Waals surface area (Å²) >= 11 is 5.93. The van der Waals surface area contributed by atoms with Crippen LogP contribution in [0.25, 0.3) is 0 Å². The number of carbonyl (C=O) groups is 1. The van der Waals surface area contributed by atoms with Crippen molar-refractivity contribution in [2.45, 2.75) is 12.3 Å². The van der Waals surface area contributed by atoms with E-state index in [1.165, 1.54) is 7.85 Å². The number of hydrogen-bond acceptors (Lipinski definition) is 4. The number of Topliss-reactive ketones (excluding diaryl/α,β-unsaturated/α-hetero) is 1. The van der Waals surface area contributed by atoms with Crippen molar-refractivity contribution < 1.29 is 20.1 Å². The van der Waals surface area contributed by atoms with Crippen LogP contribution in [0.1, 0.15) is 33.8 Å². The molecule has 0 amide bonds. The summed E-state index contributed by atoms with van der Waals surface area (Å²) in [4.78, 5) is 12.2. The molecule has 0 radical (unpaired) electrons. The van der Waals surface area contributed by atoms with E-state index in [-0.39, 0.29) is 34.9 Å². The highest BCUT2D eigenvalue weighted by Gasteiger charge is 2.35. The zero-order chi connectivity index (χ0) is 16.2. The van der Waals surface area contributed by atoms with E-state index in [1.54, 1.807) is 26.0 Å². The van der Waals surface area contributed by atoms with Crippen molar-refractivity contribution in [3.63, 3.8) is 0 Å². The molecule has 7 heteroatoms. The zero-order valence-corrected chi connectivity index (χ0v) is 12.9. The SMILES string of the molecule is Bc1c(O)c(B)c(C2CC(=O)c3cc(Cl)ccc32)c(O)c1O. The van der Waals surface area contributed by atoms with E-state index in [1.807, 2.05) is 0 Å². The molecule has 0 saturated carbocycles. The maximum atomic E-state index is 12.2. The Hall–Kier alpha value is -2.07. The molecule has 1 aliphatic carbocycles. The van der Waals surface area contributed by atoms with Crippen LogP contribution in [-0.2, 0) is 0 Å². The molecule has 3 rings (SSSR count). The van der Waals surface area contributed by atoms with E-state index in [9.17, 15) is 20.1 Å². The summed E-state index contributed by atoms with van der Waals surface area (Å²) in [6, 6.07) is 5.05. The van der Waals surface area contributed by atoms with Gasteiger partial charge in [-0.15, -0.1) is 0 Å². The molecule has 0 aliphatic heterocycles. The van der Waals surface area contributed by atoms with Crippen LogP contribution in [0.4, 0.5) is 0 Å². The number of carbonyl (C=O) groups excluding carboxylic acids is 1. The molecule has 0 bridgehead atoms. The summed E-state index contributed by atoms with van der Waals surface area (Å²) < 4.78 is 0. The molecule has 0 spiro atoms. The van der Waals surface area contributed by atoms with Crippen LogP contribution >= 0.6 is 11.6 Å². The molecule has 1 unspecified atom stereocenters. The first-order valence-corrected chi connectivity index (χ1v) is 7.27. The van der Waals surface area contributed by atoms with Crippen LogP contribution in [-0.4, -0.2) is 36.8 Å². The quantitative estimate of drug-likeness (QED) is 0.383. The second-order valence-corrected chi connectivity index (χ2v) is 6.06. The van der Waals surface area contributed by atoms with E-state index in [2.05, 4.69) is 0 Å². The van der Waals surface area contributed by atoms with Gasteiger partial charge < -0.3 is 15.3 Å². The maximum absolute atomic E-state index is 12.2. The van der Waals surface area contributed by atoms with Gasteiger partial charge in [0.05, 0.1) is 0 Å². The van der Waals surface area contributed by atoms with Crippen LogP contribution in [0.5, 0.6) is 17.2 Å². The standard InChI is InChI=1S/C15H13B2ClO4/c16-11-10(13(20)15(22)12(17)14(11)21)8-4-9(19)7-3-5(18)1-2-6(7)8/h1-3,8,20-22H,4,16-17H2. The van der Waals surface area contributed by atoms with Crippen molar-refractivity contribution >= 4 is 44.0 Å². The fourth-order valence-corrected chi connectivity index (χ4v) is 3.34. The van der Waals surface area contributed by atoms with Gasteiger partial charge in [0.15, 0.2) is 17.3 Å². The second kappa shape index (κ2) is 4.99. The van der Waals surface area contributed by atoms with Crippen molar-refractivity contribution in [3.8, 4) is 17.2 Å². The molecule has 1 atom stereocenters. The fourth-order valence-electron chi connectivity index (χ4n) is 3.17. The van der Waals surface area contributed by atoms with Gasteiger partial charge in [-0.2, -0.15) is 0 Å². The molecule has 0 heterocycles. The minimum atomic E-state index is -0.405. The van der Waals surface area contributed by atoms with Crippen molar-refractivity contribution in [1.82, 2.24) is 0 Å². The van der Waals surface area contributed by atoms with E-state index in [4.69, 9.17) is 11.6 Å². The van der Waals surface area contributed by atoms with Crippen molar-refractivity contribution in [1.29, 1.82) is 0 Å². The van der Waals surface area contributed by atoms with E-state index < -0.39 is 5.92 Å². The largest absolute Gasteiger partial charge is 0.509 e. The monoisotopic (exact) mass is 314 g/mol. The van der Waals surface area contributed by atoms with Crippen LogP contribution in [0, 0.1) is 0 Å². The third-order valence-corrected chi connectivity index (χ3v) is 4.61. The van der Waals surface area contributed by atoms with Gasteiger partial charge in [0.1, 0.15) is 21.4 Å². The number of phenolic OH excluding ortho intramolecular Hbond substituents is 3. The molecule has 2 aromatic carbocycles. The average molecular weight is 314 g/mol. The highest BCUT2D eigenvalue weighted by molar-refractivity contribution is 6.43. The smallest absolute Gasteiger partial charge is 0.164 e. The third-order valence-electron chi connectivity index (χ3n) is 4.38. The second-order valence-electron chi connectivity index (χ2n) is 5.62. The Kier molecular flexibility index (Phi) is 3.37. The molecule has 1 aliphatic rings. The number of fused-ring (bicyclic) bond motifs is 1. The Morgan fingerprint density at radius 3 is 2.41 bits per heavy atom. The molecular formula is C15H13B2ClO4. The Bertz CT molecular complexity index is 791. The molecule has 3 N–H and O–H groups in total. The topological polar surface area (TPSA) is 77.8 Å². The fraction of sp³-hybridized carbons (Fsp3) is 0.133. The van der Waals surface area contributed by atoms with Crippen LogP contribution in [0.2, 0.25) is 5.02 Å². The predicted octanol–water partition coefficient (Wildman–Crippen LogP) is -0.308. The minimum Gasteiger partial charge on any atom is -0.509 e. The lowest BCUT2D eigenvalue weighted by Crippen LogP contribution is -2.22.